The van der Waals surface area contributed by atoms with Gasteiger partial charge in [-0.2, -0.15) is 0 Å². The minimum atomic E-state index is 0.676. The molecule has 1 aliphatic heterocycles. The highest BCUT2D eigenvalue weighted by atomic mass is 15.2. The maximum Gasteiger partial charge on any atom is 0.225 e. The number of hydrogen-bond donors (Lipinski definition) is 1. The standard InChI is InChI=1S/C17H30N4/c1-4-5-15-6-8-21(9-7-15)17-19-12-16(13-20-17)11-18-10-14(2)3/h12-15,18H,4-11H2,1-3H3. The summed E-state index contributed by atoms with van der Waals surface area (Å²) < 4.78 is 0. The van der Waals surface area contributed by atoms with Crippen LogP contribution in [0.5, 0.6) is 0 Å². The van der Waals surface area contributed by atoms with Gasteiger partial charge in [-0.15, -0.1) is 0 Å². The highest BCUT2D eigenvalue weighted by Gasteiger charge is 2.20. The van der Waals surface area contributed by atoms with Crippen molar-refractivity contribution in [1.82, 2.24) is 15.3 Å². The van der Waals surface area contributed by atoms with Crippen LogP contribution in [0, 0.1) is 11.8 Å². The SMILES string of the molecule is CCCC1CCN(c2ncc(CNCC(C)C)cn2)CC1. The van der Waals surface area contributed by atoms with Gasteiger partial charge >= 0.3 is 0 Å². The summed E-state index contributed by atoms with van der Waals surface area (Å²) in [5.74, 6) is 2.48. The van der Waals surface area contributed by atoms with Crippen molar-refractivity contribution in [3.05, 3.63) is 18.0 Å². The lowest BCUT2D eigenvalue weighted by Crippen LogP contribution is -2.34. The van der Waals surface area contributed by atoms with Crippen molar-refractivity contribution in [3.63, 3.8) is 0 Å². The lowest BCUT2D eigenvalue weighted by molar-refractivity contribution is 0.376. The zero-order chi connectivity index (χ0) is 15.1. The minimum Gasteiger partial charge on any atom is -0.341 e. The molecule has 0 radical (unpaired) electrons. The summed E-state index contributed by atoms with van der Waals surface area (Å²) in [5.41, 5.74) is 1.17. The minimum absolute atomic E-state index is 0.676. The molecule has 1 aromatic rings. The third-order valence-corrected chi connectivity index (χ3v) is 4.17. The molecule has 1 fully saturated rings. The zero-order valence-corrected chi connectivity index (χ0v) is 13.8. The summed E-state index contributed by atoms with van der Waals surface area (Å²) in [4.78, 5) is 11.4. The van der Waals surface area contributed by atoms with Crippen molar-refractivity contribution in [3.8, 4) is 0 Å². The van der Waals surface area contributed by atoms with E-state index in [0.717, 1.165) is 38.0 Å². The maximum atomic E-state index is 4.55. The number of nitrogens with zero attached hydrogens (tertiary/aromatic N) is 3. The predicted octanol–water partition coefficient (Wildman–Crippen LogP) is 3.24. The first-order valence-corrected chi connectivity index (χ1v) is 8.45. The highest BCUT2D eigenvalue weighted by Crippen LogP contribution is 2.23. The molecule has 0 atom stereocenters. The Morgan fingerprint density at radius 2 is 1.90 bits per heavy atom. The highest BCUT2D eigenvalue weighted by molar-refractivity contribution is 5.30. The summed E-state index contributed by atoms with van der Waals surface area (Å²) in [7, 11) is 0. The van der Waals surface area contributed by atoms with Crippen LogP contribution < -0.4 is 10.2 Å². The van der Waals surface area contributed by atoms with Crippen molar-refractivity contribution < 1.29 is 0 Å². The van der Waals surface area contributed by atoms with E-state index < -0.39 is 0 Å². The van der Waals surface area contributed by atoms with E-state index in [1.54, 1.807) is 0 Å². The van der Waals surface area contributed by atoms with Gasteiger partial charge in [0.15, 0.2) is 0 Å². The number of piperidine rings is 1. The Hall–Kier alpha value is -1.16. The summed E-state index contributed by atoms with van der Waals surface area (Å²) in [6.45, 7) is 10.8. The van der Waals surface area contributed by atoms with Crippen LogP contribution in [-0.4, -0.2) is 29.6 Å². The van der Waals surface area contributed by atoms with Crippen molar-refractivity contribution in [2.24, 2.45) is 11.8 Å². The fourth-order valence-electron chi connectivity index (χ4n) is 2.94. The van der Waals surface area contributed by atoms with Crippen molar-refractivity contribution in [1.29, 1.82) is 0 Å². The Morgan fingerprint density at radius 1 is 1.24 bits per heavy atom. The Kier molecular flexibility index (Phi) is 6.43. The molecule has 1 aliphatic rings. The van der Waals surface area contributed by atoms with E-state index >= 15 is 0 Å². The Balaban J connectivity index is 1.79. The number of anilines is 1. The second kappa shape index (κ2) is 8.32. The van der Waals surface area contributed by atoms with E-state index in [1.807, 2.05) is 12.4 Å². The molecule has 118 valence electrons. The Labute approximate surface area is 129 Å². The second-order valence-electron chi connectivity index (χ2n) is 6.64. The van der Waals surface area contributed by atoms with Crippen LogP contribution in [0.15, 0.2) is 12.4 Å². The topological polar surface area (TPSA) is 41.1 Å². The third-order valence-electron chi connectivity index (χ3n) is 4.17. The molecule has 2 heterocycles. The molecule has 0 aliphatic carbocycles. The van der Waals surface area contributed by atoms with Gasteiger partial charge in [-0.1, -0.05) is 33.6 Å². The number of nitrogens with one attached hydrogen (secondary N) is 1. The van der Waals surface area contributed by atoms with Gasteiger partial charge in [-0.25, -0.2) is 9.97 Å². The fourth-order valence-corrected chi connectivity index (χ4v) is 2.94. The van der Waals surface area contributed by atoms with Gasteiger partial charge in [0, 0.05) is 37.6 Å². The molecule has 0 amide bonds. The molecule has 2 rings (SSSR count). The summed E-state index contributed by atoms with van der Waals surface area (Å²) in [6.07, 6.45) is 9.18. The predicted molar refractivity (Wildman–Crippen MR) is 88.4 cm³/mol. The summed E-state index contributed by atoms with van der Waals surface area (Å²) in [5, 5.41) is 3.43. The number of aromatic nitrogens is 2. The molecular weight excluding hydrogens is 260 g/mol. The van der Waals surface area contributed by atoms with Crippen LogP contribution in [0.3, 0.4) is 0 Å². The van der Waals surface area contributed by atoms with Crippen LogP contribution in [0.4, 0.5) is 5.95 Å². The van der Waals surface area contributed by atoms with E-state index in [9.17, 15) is 0 Å². The molecule has 1 aromatic heterocycles. The average molecular weight is 290 g/mol. The van der Waals surface area contributed by atoms with Gasteiger partial charge in [0.25, 0.3) is 0 Å². The van der Waals surface area contributed by atoms with Gasteiger partial charge in [0.2, 0.25) is 5.95 Å². The number of hydrogen-bond acceptors (Lipinski definition) is 4. The molecule has 0 bridgehead atoms. The van der Waals surface area contributed by atoms with Crippen LogP contribution in [-0.2, 0) is 6.54 Å². The van der Waals surface area contributed by atoms with E-state index in [4.69, 9.17) is 0 Å². The normalized spacial score (nSPS) is 16.7. The molecule has 4 nitrogen and oxygen atoms in total. The third kappa shape index (κ3) is 5.27. The van der Waals surface area contributed by atoms with Gasteiger partial charge in [0.1, 0.15) is 0 Å². The van der Waals surface area contributed by atoms with E-state index in [1.165, 1.54) is 31.2 Å². The molecule has 1 saturated heterocycles. The van der Waals surface area contributed by atoms with Crippen molar-refractivity contribution in [2.75, 3.05) is 24.5 Å². The van der Waals surface area contributed by atoms with Gasteiger partial charge < -0.3 is 10.2 Å². The van der Waals surface area contributed by atoms with Crippen LogP contribution in [0.2, 0.25) is 0 Å². The maximum absolute atomic E-state index is 4.55. The first-order valence-electron chi connectivity index (χ1n) is 8.45. The van der Waals surface area contributed by atoms with Crippen molar-refractivity contribution in [2.45, 2.75) is 53.0 Å². The second-order valence-corrected chi connectivity index (χ2v) is 6.64. The quantitative estimate of drug-likeness (QED) is 0.837. The molecule has 0 saturated carbocycles. The van der Waals surface area contributed by atoms with E-state index in [-0.39, 0.29) is 0 Å². The van der Waals surface area contributed by atoms with Gasteiger partial charge in [0.05, 0.1) is 0 Å². The Morgan fingerprint density at radius 3 is 2.48 bits per heavy atom. The molecule has 4 heteroatoms. The molecule has 0 unspecified atom stereocenters. The largest absolute Gasteiger partial charge is 0.341 e. The number of rotatable bonds is 7. The summed E-state index contributed by atoms with van der Waals surface area (Å²) >= 11 is 0. The van der Waals surface area contributed by atoms with E-state index in [2.05, 4.69) is 41.0 Å². The lowest BCUT2D eigenvalue weighted by Gasteiger charge is -2.31. The Bertz CT molecular complexity index is 394. The first-order chi connectivity index (χ1) is 10.2. The van der Waals surface area contributed by atoms with Crippen LogP contribution in [0.1, 0.15) is 52.0 Å². The van der Waals surface area contributed by atoms with Crippen molar-refractivity contribution >= 4 is 5.95 Å². The molecule has 1 N–H and O–H groups in total. The van der Waals surface area contributed by atoms with Crippen LogP contribution >= 0.6 is 0 Å². The smallest absolute Gasteiger partial charge is 0.225 e. The first kappa shape index (κ1) is 16.2. The van der Waals surface area contributed by atoms with Crippen LogP contribution in [0.25, 0.3) is 0 Å². The fraction of sp³-hybridized carbons (Fsp3) is 0.765. The molecule has 0 spiro atoms. The van der Waals surface area contributed by atoms with Gasteiger partial charge in [-0.3, -0.25) is 0 Å². The molecule has 21 heavy (non-hydrogen) atoms. The average Bonchev–Trinajstić information content (AvgIpc) is 2.49. The summed E-state index contributed by atoms with van der Waals surface area (Å²) in [6, 6.07) is 0. The van der Waals surface area contributed by atoms with E-state index in [0.29, 0.717) is 5.92 Å². The van der Waals surface area contributed by atoms with Gasteiger partial charge in [-0.05, 0) is 31.2 Å². The molecule has 0 aromatic carbocycles. The lowest BCUT2D eigenvalue weighted by atomic mass is 9.93. The monoisotopic (exact) mass is 290 g/mol. The zero-order valence-electron chi connectivity index (χ0n) is 13.8. The molecular formula is C17H30N4.